The van der Waals surface area contributed by atoms with Crippen molar-refractivity contribution in [2.75, 3.05) is 11.9 Å². The zero-order valence-corrected chi connectivity index (χ0v) is 14.3. The lowest BCUT2D eigenvalue weighted by Crippen LogP contribution is -2.40. The third kappa shape index (κ3) is 5.07. The average Bonchev–Trinajstić information content (AvgIpc) is 3.01. The third-order valence-electron chi connectivity index (χ3n) is 4.21. The molecule has 0 radical (unpaired) electrons. The van der Waals surface area contributed by atoms with Gasteiger partial charge in [0.1, 0.15) is 5.82 Å². The van der Waals surface area contributed by atoms with Crippen LogP contribution in [0, 0.1) is 5.82 Å². The van der Waals surface area contributed by atoms with Crippen molar-refractivity contribution in [3.05, 3.63) is 65.5 Å². The second-order valence-corrected chi connectivity index (χ2v) is 6.37. The summed E-state index contributed by atoms with van der Waals surface area (Å²) in [5.74, 6) is -4.12. The molecule has 1 aliphatic rings. The standard InChI is InChI=1S/C19H18F3N3O2/c20-14-5-3-13(4-6-14)17(26)25-15-7-1-12(2-8-15)10-23-18(27)16-9-19(21,22)11-24-16/h1-8,16,24H,9-11H2,(H,23,27)(H,25,26). The van der Waals surface area contributed by atoms with Gasteiger partial charge in [-0.1, -0.05) is 12.1 Å². The number of amides is 2. The van der Waals surface area contributed by atoms with Crippen molar-refractivity contribution in [3.8, 4) is 0 Å². The molecule has 0 spiro atoms. The highest BCUT2D eigenvalue weighted by Gasteiger charge is 2.42. The lowest BCUT2D eigenvalue weighted by atomic mass is 10.1. The van der Waals surface area contributed by atoms with Crippen LogP contribution in [0.3, 0.4) is 0 Å². The number of rotatable bonds is 5. The average molecular weight is 377 g/mol. The molecule has 2 aromatic rings. The fourth-order valence-electron chi connectivity index (χ4n) is 2.72. The van der Waals surface area contributed by atoms with Gasteiger partial charge in [-0.2, -0.15) is 0 Å². The van der Waals surface area contributed by atoms with E-state index in [0.29, 0.717) is 11.3 Å². The molecule has 5 nitrogen and oxygen atoms in total. The van der Waals surface area contributed by atoms with Gasteiger partial charge in [0.05, 0.1) is 12.6 Å². The molecule has 8 heteroatoms. The Kier molecular flexibility index (Phi) is 5.46. The number of alkyl halides is 2. The van der Waals surface area contributed by atoms with Crippen molar-refractivity contribution in [1.82, 2.24) is 10.6 Å². The fraction of sp³-hybridized carbons (Fsp3) is 0.263. The van der Waals surface area contributed by atoms with Crippen LogP contribution < -0.4 is 16.0 Å². The SMILES string of the molecule is O=C(Nc1ccc(CNC(=O)C2CC(F)(F)CN2)cc1)c1ccc(F)cc1. The third-order valence-corrected chi connectivity index (χ3v) is 4.21. The van der Waals surface area contributed by atoms with Crippen molar-refractivity contribution in [2.45, 2.75) is 24.9 Å². The number of benzene rings is 2. The van der Waals surface area contributed by atoms with Crippen LogP contribution in [0.25, 0.3) is 0 Å². The number of hydrogen-bond acceptors (Lipinski definition) is 3. The minimum absolute atomic E-state index is 0.189. The first kappa shape index (κ1) is 18.9. The molecule has 0 saturated carbocycles. The van der Waals surface area contributed by atoms with Gasteiger partial charge >= 0.3 is 0 Å². The summed E-state index contributed by atoms with van der Waals surface area (Å²) in [6.45, 7) is -0.303. The van der Waals surface area contributed by atoms with E-state index in [1.807, 2.05) is 0 Å². The summed E-state index contributed by atoms with van der Waals surface area (Å²) < 4.78 is 39.1. The van der Waals surface area contributed by atoms with Crippen LogP contribution in [0.15, 0.2) is 48.5 Å². The van der Waals surface area contributed by atoms with Gasteiger partial charge in [0.2, 0.25) is 5.91 Å². The van der Waals surface area contributed by atoms with E-state index in [9.17, 15) is 22.8 Å². The number of carbonyl (C=O) groups is 2. The Morgan fingerprint density at radius 2 is 1.74 bits per heavy atom. The maximum absolute atomic E-state index is 13.1. The molecular weight excluding hydrogens is 359 g/mol. The normalized spacial score (nSPS) is 18.1. The molecule has 1 heterocycles. The highest BCUT2D eigenvalue weighted by atomic mass is 19.3. The van der Waals surface area contributed by atoms with Crippen molar-refractivity contribution < 1.29 is 22.8 Å². The van der Waals surface area contributed by atoms with E-state index < -0.39 is 36.7 Å². The zero-order chi connectivity index (χ0) is 19.4. The maximum atomic E-state index is 13.1. The van der Waals surface area contributed by atoms with E-state index in [-0.39, 0.29) is 12.5 Å². The second-order valence-electron chi connectivity index (χ2n) is 6.37. The summed E-state index contributed by atoms with van der Waals surface area (Å²) in [6.07, 6.45) is -0.507. The second kappa shape index (κ2) is 7.79. The summed E-state index contributed by atoms with van der Waals surface area (Å²) in [7, 11) is 0. The first-order valence-electron chi connectivity index (χ1n) is 8.37. The minimum atomic E-state index is -2.85. The molecule has 27 heavy (non-hydrogen) atoms. The first-order chi connectivity index (χ1) is 12.8. The van der Waals surface area contributed by atoms with Crippen LogP contribution in [0.4, 0.5) is 18.9 Å². The van der Waals surface area contributed by atoms with Gasteiger partial charge < -0.3 is 10.6 Å². The van der Waals surface area contributed by atoms with Gasteiger partial charge in [-0.15, -0.1) is 0 Å². The number of nitrogens with one attached hydrogen (secondary N) is 3. The fourth-order valence-corrected chi connectivity index (χ4v) is 2.72. The lowest BCUT2D eigenvalue weighted by Gasteiger charge is -2.12. The molecule has 1 saturated heterocycles. The Labute approximate surface area is 154 Å². The van der Waals surface area contributed by atoms with E-state index in [4.69, 9.17) is 0 Å². The highest BCUT2D eigenvalue weighted by Crippen LogP contribution is 2.25. The monoisotopic (exact) mass is 377 g/mol. The van der Waals surface area contributed by atoms with Crippen molar-refractivity contribution in [3.63, 3.8) is 0 Å². The molecular formula is C19H18F3N3O2. The predicted molar refractivity (Wildman–Crippen MR) is 94.0 cm³/mol. The van der Waals surface area contributed by atoms with E-state index in [1.54, 1.807) is 24.3 Å². The van der Waals surface area contributed by atoms with Gasteiger partial charge in [0.25, 0.3) is 11.8 Å². The smallest absolute Gasteiger partial charge is 0.262 e. The molecule has 2 amide bonds. The van der Waals surface area contributed by atoms with Crippen LogP contribution in [0.5, 0.6) is 0 Å². The Balaban J connectivity index is 1.50. The van der Waals surface area contributed by atoms with Crippen molar-refractivity contribution in [1.29, 1.82) is 0 Å². The molecule has 2 aromatic carbocycles. The number of carbonyl (C=O) groups excluding carboxylic acids is 2. The molecule has 1 fully saturated rings. The van der Waals surface area contributed by atoms with Crippen LogP contribution in [0.1, 0.15) is 22.3 Å². The van der Waals surface area contributed by atoms with Crippen LogP contribution in [-0.4, -0.2) is 30.3 Å². The molecule has 0 aromatic heterocycles. The molecule has 3 rings (SSSR count). The molecule has 3 N–H and O–H groups in total. The summed E-state index contributed by atoms with van der Waals surface area (Å²) in [6, 6.07) is 11.0. The molecule has 1 aliphatic heterocycles. The van der Waals surface area contributed by atoms with Crippen LogP contribution in [-0.2, 0) is 11.3 Å². The lowest BCUT2D eigenvalue weighted by molar-refractivity contribution is -0.123. The highest BCUT2D eigenvalue weighted by molar-refractivity contribution is 6.04. The van der Waals surface area contributed by atoms with Crippen molar-refractivity contribution in [2.24, 2.45) is 0 Å². The van der Waals surface area contributed by atoms with Gasteiger partial charge in [-0.05, 0) is 42.0 Å². The predicted octanol–water partition coefficient (Wildman–Crippen LogP) is 2.69. The molecule has 1 atom stereocenters. The number of hydrogen-bond donors (Lipinski definition) is 3. The number of halogens is 3. The Bertz CT molecular complexity index is 823. The Morgan fingerprint density at radius 3 is 2.33 bits per heavy atom. The zero-order valence-electron chi connectivity index (χ0n) is 14.3. The van der Waals surface area contributed by atoms with Gasteiger partial charge in [0, 0.05) is 24.2 Å². The van der Waals surface area contributed by atoms with Crippen molar-refractivity contribution >= 4 is 17.5 Å². The minimum Gasteiger partial charge on any atom is -0.351 e. The van der Waals surface area contributed by atoms with Crippen LogP contribution >= 0.6 is 0 Å². The molecule has 142 valence electrons. The van der Waals surface area contributed by atoms with E-state index in [1.165, 1.54) is 24.3 Å². The van der Waals surface area contributed by atoms with Gasteiger partial charge in [-0.25, -0.2) is 13.2 Å². The first-order valence-corrected chi connectivity index (χ1v) is 8.37. The summed E-state index contributed by atoms with van der Waals surface area (Å²) in [5, 5.41) is 7.79. The quantitative estimate of drug-likeness (QED) is 0.750. The van der Waals surface area contributed by atoms with Crippen LogP contribution in [0.2, 0.25) is 0 Å². The van der Waals surface area contributed by atoms with E-state index >= 15 is 0 Å². The van der Waals surface area contributed by atoms with E-state index in [0.717, 1.165) is 5.56 Å². The Morgan fingerprint density at radius 1 is 1.07 bits per heavy atom. The van der Waals surface area contributed by atoms with E-state index in [2.05, 4.69) is 16.0 Å². The largest absolute Gasteiger partial charge is 0.351 e. The summed E-state index contributed by atoms with van der Waals surface area (Å²) in [4.78, 5) is 24.0. The van der Waals surface area contributed by atoms with Gasteiger partial charge in [-0.3, -0.25) is 14.9 Å². The molecule has 0 aliphatic carbocycles. The topological polar surface area (TPSA) is 70.2 Å². The Hall–Kier alpha value is -2.87. The summed E-state index contributed by atoms with van der Waals surface area (Å²) >= 11 is 0. The molecule has 1 unspecified atom stereocenters. The molecule has 0 bridgehead atoms. The number of anilines is 1. The summed E-state index contributed by atoms with van der Waals surface area (Å²) in [5.41, 5.74) is 1.62. The van der Waals surface area contributed by atoms with Gasteiger partial charge in [0.15, 0.2) is 0 Å². The maximum Gasteiger partial charge on any atom is 0.262 e.